The predicted octanol–water partition coefficient (Wildman–Crippen LogP) is 2.75. The first-order valence-corrected chi connectivity index (χ1v) is 9.22. The second-order valence-corrected chi connectivity index (χ2v) is 7.59. The van der Waals surface area contributed by atoms with Gasteiger partial charge in [0.2, 0.25) is 5.91 Å². The molecule has 1 aromatic heterocycles. The van der Waals surface area contributed by atoms with Crippen molar-refractivity contribution in [3.8, 4) is 0 Å². The van der Waals surface area contributed by atoms with Crippen LogP contribution in [-0.4, -0.2) is 33.1 Å². The van der Waals surface area contributed by atoms with Crippen molar-refractivity contribution in [2.75, 3.05) is 11.9 Å². The number of carbonyl (C=O) groups is 1. The van der Waals surface area contributed by atoms with Crippen molar-refractivity contribution >= 4 is 27.5 Å². The quantitative estimate of drug-likeness (QED) is 0.632. The molecule has 2 heterocycles. The van der Waals surface area contributed by atoms with Crippen molar-refractivity contribution in [2.24, 2.45) is 0 Å². The van der Waals surface area contributed by atoms with Gasteiger partial charge in [-0.25, -0.2) is 5.43 Å². The summed E-state index contributed by atoms with van der Waals surface area (Å²) in [7, 11) is 0. The molecule has 3 N–H and O–H groups in total. The Kier molecular flexibility index (Phi) is 5.59. The van der Waals surface area contributed by atoms with Crippen LogP contribution < -0.4 is 16.2 Å². The molecule has 1 aliphatic heterocycles. The molecule has 6 nitrogen and oxygen atoms in total. The number of aryl methyl sites for hydroxylation is 1. The van der Waals surface area contributed by atoms with Crippen LogP contribution in [-0.2, 0) is 17.5 Å². The van der Waals surface area contributed by atoms with E-state index in [0.29, 0.717) is 29.2 Å². The van der Waals surface area contributed by atoms with Crippen LogP contribution in [0.15, 0.2) is 24.3 Å². The summed E-state index contributed by atoms with van der Waals surface area (Å²) in [5.74, 6) is -0.216. The molecule has 2 unspecified atom stereocenters. The fraction of sp³-hybridized carbons (Fsp3) is 0.412. The van der Waals surface area contributed by atoms with Gasteiger partial charge in [-0.2, -0.15) is 18.3 Å². The van der Waals surface area contributed by atoms with E-state index in [1.807, 2.05) is 0 Å². The summed E-state index contributed by atoms with van der Waals surface area (Å²) in [5.41, 5.74) is 7.43. The zero-order valence-corrected chi connectivity index (χ0v) is 16.3. The van der Waals surface area contributed by atoms with Crippen LogP contribution in [0.5, 0.6) is 0 Å². The van der Waals surface area contributed by atoms with Crippen molar-refractivity contribution in [3.63, 3.8) is 0 Å². The summed E-state index contributed by atoms with van der Waals surface area (Å²) in [6, 6.07) is 4.71. The average molecular weight is 446 g/mol. The van der Waals surface area contributed by atoms with Gasteiger partial charge >= 0.3 is 6.18 Å². The Labute approximate surface area is 162 Å². The number of hydrogen-bond donors (Lipinski definition) is 3. The Balaban J connectivity index is 1.79. The van der Waals surface area contributed by atoms with E-state index in [0.717, 1.165) is 12.1 Å². The van der Waals surface area contributed by atoms with E-state index >= 15 is 0 Å². The Morgan fingerprint density at radius 3 is 2.78 bits per heavy atom. The third kappa shape index (κ3) is 4.33. The van der Waals surface area contributed by atoms with E-state index in [1.165, 1.54) is 6.07 Å². The zero-order chi connectivity index (χ0) is 19.8. The minimum atomic E-state index is -4.39. The van der Waals surface area contributed by atoms with E-state index in [-0.39, 0.29) is 17.3 Å². The van der Waals surface area contributed by atoms with E-state index < -0.39 is 17.8 Å². The number of rotatable bonds is 4. The summed E-state index contributed by atoms with van der Waals surface area (Å²) in [5, 5.41) is 7.23. The molecule has 1 amide bonds. The average Bonchev–Trinajstić information content (AvgIpc) is 3.13. The van der Waals surface area contributed by atoms with E-state index in [2.05, 4.69) is 37.2 Å². The summed E-state index contributed by atoms with van der Waals surface area (Å²) in [6.45, 7) is 4.31. The lowest BCUT2D eigenvalue weighted by molar-refractivity contribution is -0.137. The highest BCUT2D eigenvalue weighted by Crippen LogP contribution is 2.30. The third-order valence-electron chi connectivity index (χ3n) is 4.42. The Hall–Kier alpha value is -1.91. The number of aromatic nitrogens is 2. The smallest absolute Gasteiger partial charge is 0.322 e. The minimum absolute atomic E-state index is 0.0433. The van der Waals surface area contributed by atoms with Crippen LogP contribution in [0.3, 0.4) is 0 Å². The Morgan fingerprint density at radius 2 is 2.15 bits per heavy atom. The maximum absolute atomic E-state index is 12.9. The molecule has 2 aromatic rings. The SMILES string of the molecule is Cc1nn(Cc2cccc(C(F)(F)F)c2)c(C)c1NC(=O)C1NNCC1Br. The third-order valence-corrected chi connectivity index (χ3v) is 5.27. The number of hydrazine groups is 1. The molecular formula is C17H19BrF3N5O. The lowest BCUT2D eigenvalue weighted by Crippen LogP contribution is -2.42. The number of nitrogens with one attached hydrogen (secondary N) is 3. The molecule has 0 bridgehead atoms. The molecule has 1 fully saturated rings. The molecule has 3 rings (SSSR count). The summed E-state index contributed by atoms with van der Waals surface area (Å²) in [4.78, 5) is 12.4. The Morgan fingerprint density at radius 1 is 1.41 bits per heavy atom. The van der Waals surface area contributed by atoms with Crippen molar-refractivity contribution < 1.29 is 18.0 Å². The molecule has 1 aromatic carbocycles. The van der Waals surface area contributed by atoms with E-state index in [4.69, 9.17) is 0 Å². The van der Waals surface area contributed by atoms with Crippen LogP contribution in [0.1, 0.15) is 22.5 Å². The molecule has 1 saturated heterocycles. The van der Waals surface area contributed by atoms with E-state index in [9.17, 15) is 18.0 Å². The second-order valence-electron chi connectivity index (χ2n) is 6.41. The number of alkyl halides is 4. The molecular weight excluding hydrogens is 427 g/mol. The number of amides is 1. The summed E-state index contributed by atoms with van der Waals surface area (Å²) in [6.07, 6.45) is -4.39. The highest BCUT2D eigenvalue weighted by Gasteiger charge is 2.32. The number of anilines is 1. The lowest BCUT2D eigenvalue weighted by atomic mass is 10.1. The second kappa shape index (κ2) is 7.61. The summed E-state index contributed by atoms with van der Waals surface area (Å²) < 4.78 is 40.3. The standard InChI is InChI=1S/C17H19BrF3N5O/c1-9-14(23-16(27)15-13(18)7-22-24-15)10(2)26(25-9)8-11-4-3-5-12(6-11)17(19,20)21/h3-6,13,15,22,24H,7-8H2,1-2H3,(H,23,27). The minimum Gasteiger partial charge on any atom is -0.322 e. The molecule has 0 radical (unpaired) electrons. The van der Waals surface area contributed by atoms with Crippen LogP contribution in [0.25, 0.3) is 0 Å². The Bertz CT molecular complexity index is 852. The first-order valence-electron chi connectivity index (χ1n) is 8.30. The monoisotopic (exact) mass is 445 g/mol. The van der Waals surface area contributed by atoms with Crippen molar-refractivity contribution in [1.82, 2.24) is 20.6 Å². The number of halogens is 4. The number of carbonyl (C=O) groups excluding carboxylic acids is 1. The maximum Gasteiger partial charge on any atom is 0.416 e. The van der Waals surface area contributed by atoms with Crippen molar-refractivity contribution in [1.29, 1.82) is 0 Å². The van der Waals surface area contributed by atoms with Crippen LogP contribution in [0.2, 0.25) is 0 Å². The number of nitrogens with zero attached hydrogens (tertiary/aromatic N) is 2. The van der Waals surface area contributed by atoms with Gasteiger partial charge in [-0.15, -0.1) is 0 Å². The predicted molar refractivity (Wildman–Crippen MR) is 98.5 cm³/mol. The maximum atomic E-state index is 12.9. The van der Waals surface area contributed by atoms with Gasteiger partial charge in [0, 0.05) is 6.54 Å². The van der Waals surface area contributed by atoms with Crippen LogP contribution >= 0.6 is 15.9 Å². The first-order chi connectivity index (χ1) is 12.7. The molecule has 0 spiro atoms. The molecule has 146 valence electrons. The van der Waals surface area contributed by atoms with Gasteiger partial charge in [0.25, 0.3) is 0 Å². The normalized spacial score (nSPS) is 20.1. The highest BCUT2D eigenvalue weighted by molar-refractivity contribution is 9.09. The van der Waals surface area contributed by atoms with Crippen molar-refractivity contribution in [3.05, 3.63) is 46.8 Å². The molecule has 0 aliphatic carbocycles. The molecule has 10 heteroatoms. The van der Waals surface area contributed by atoms with Gasteiger partial charge in [0.1, 0.15) is 6.04 Å². The van der Waals surface area contributed by atoms with Gasteiger partial charge in [0.05, 0.1) is 34.0 Å². The van der Waals surface area contributed by atoms with E-state index in [1.54, 1.807) is 24.6 Å². The van der Waals surface area contributed by atoms with Crippen molar-refractivity contribution in [2.45, 2.75) is 37.4 Å². The molecule has 2 atom stereocenters. The largest absolute Gasteiger partial charge is 0.416 e. The number of hydrogen-bond acceptors (Lipinski definition) is 4. The summed E-state index contributed by atoms with van der Waals surface area (Å²) >= 11 is 3.43. The number of benzene rings is 1. The van der Waals surface area contributed by atoms with Gasteiger partial charge in [0.15, 0.2) is 0 Å². The molecule has 0 saturated carbocycles. The van der Waals surface area contributed by atoms with Crippen LogP contribution in [0.4, 0.5) is 18.9 Å². The van der Waals surface area contributed by atoms with Gasteiger partial charge in [-0.3, -0.25) is 14.9 Å². The van der Waals surface area contributed by atoms with Gasteiger partial charge in [-0.1, -0.05) is 28.1 Å². The first kappa shape index (κ1) is 19.8. The van der Waals surface area contributed by atoms with Gasteiger partial charge < -0.3 is 5.32 Å². The fourth-order valence-corrected chi connectivity index (χ4v) is 3.49. The lowest BCUT2D eigenvalue weighted by Gasteiger charge is -2.14. The highest BCUT2D eigenvalue weighted by atomic mass is 79.9. The van der Waals surface area contributed by atoms with Gasteiger partial charge in [-0.05, 0) is 31.5 Å². The van der Waals surface area contributed by atoms with Crippen LogP contribution in [0, 0.1) is 13.8 Å². The fourth-order valence-electron chi connectivity index (χ4n) is 2.96. The molecule has 1 aliphatic rings. The topological polar surface area (TPSA) is 71.0 Å². The zero-order valence-electron chi connectivity index (χ0n) is 14.7. The molecule has 27 heavy (non-hydrogen) atoms.